The highest BCUT2D eigenvalue weighted by Gasteiger charge is 2.52. The first-order chi connectivity index (χ1) is 8.32. The van der Waals surface area contributed by atoms with E-state index in [1.807, 2.05) is 45.9 Å². The molecule has 0 aromatic heterocycles. The highest BCUT2D eigenvalue weighted by atomic mass is 16.7. The predicted octanol–water partition coefficient (Wildman–Crippen LogP) is 2.19. The molecule has 2 rings (SSSR count). The van der Waals surface area contributed by atoms with Crippen LogP contribution in [0.2, 0.25) is 0 Å². The molecule has 1 atom stereocenters. The molecule has 1 fully saturated rings. The van der Waals surface area contributed by atoms with Crippen LogP contribution in [-0.2, 0) is 15.7 Å². The van der Waals surface area contributed by atoms with Crippen LogP contribution in [0, 0.1) is 0 Å². The van der Waals surface area contributed by atoms with E-state index in [2.05, 4.69) is 12.1 Å². The van der Waals surface area contributed by atoms with Crippen molar-refractivity contribution in [2.24, 2.45) is 5.73 Å². The molecule has 0 radical (unpaired) electrons. The Labute approximate surface area is 110 Å². The van der Waals surface area contributed by atoms with Gasteiger partial charge in [0, 0.05) is 5.94 Å². The van der Waals surface area contributed by atoms with Crippen molar-refractivity contribution >= 4 is 7.12 Å². The standard InChI is InChI=1S/C14H22BNO2/c1-13(2)14(3,4)18-15(17-13)12(16)10-11-8-6-5-7-9-11/h5-9,12H,10,16H2,1-4H3/t12-/m0/s1. The zero-order valence-corrected chi connectivity index (χ0v) is 11.6. The van der Waals surface area contributed by atoms with Gasteiger partial charge in [0.15, 0.2) is 0 Å². The van der Waals surface area contributed by atoms with Crippen LogP contribution in [0.5, 0.6) is 0 Å². The molecule has 98 valence electrons. The number of hydrogen-bond donors (Lipinski definition) is 1. The summed E-state index contributed by atoms with van der Waals surface area (Å²) < 4.78 is 11.9. The second kappa shape index (κ2) is 4.69. The molecule has 0 bridgehead atoms. The Morgan fingerprint density at radius 3 is 2.06 bits per heavy atom. The average molecular weight is 247 g/mol. The van der Waals surface area contributed by atoms with Gasteiger partial charge in [0.05, 0.1) is 11.2 Å². The molecule has 2 N–H and O–H groups in total. The van der Waals surface area contributed by atoms with E-state index in [1.165, 1.54) is 5.56 Å². The molecule has 1 aliphatic rings. The second-order valence-electron chi connectivity index (χ2n) is 5.98. The number of hydrogen-bond acceptors (Lipinski definition) is 3. The van der Waals surface area contributed by atoms with Crippen LogP contribution >= 0.6 is 0 Å². The first-order valence-corrected chi connectivity index (χ1v) is 6.47. The Morgan fingerprint density at radius 2 is 1.56 bits per heavy atom. The van der Waals surface area contributed by atoms with Gasteiger partial charge in [-0.2, -0.15) is 0 Å². The molecular weight excluding hydrogens is 225 g/mol. The van der Waals surface area contributed by atoms with Gasteiger partial charge in [-0.15, -0.1) is 0 Å². The largest absolute Gasteiger partial charge is 0.476 e. The lowest BCUT2D eigenvalue weighted by molar-refractivity contribution is 0.00578. The van der Waals surface area contributed by atoms with E-state index < -0.39 is 0 Å². The van der Waals surface area contributed by atoms with Crippen LogP contribution in [0.15, 0.2) is 30.3 Å². The molecule has 1 aliphatic heterocycles. The Balaban J connectivity index is 2.02. The van der Waals surface area contributed by atoms with Crippen molar-refractivity contribution in [3.8, 4) is 0 Å². The van der Waals surface area contributed by atoms with E-state index in [0.717, 1.165) is 6.42 Å². The number of rotatable bonds is 3. The van der Waals surface area contributed by atoms with Crippen LogP contribution in [-0.4, -0.2) is 24.3 Å². The van der Waals surface area contributed by atoms with Gasteiger partial charge in [0.2, 0.25) is 0 Å². The van der Waals surface area contributed by atoms with Crippen LogP contribution in [0.25, 0.3) is 0 Å². The average Bonchev–Trinajstić information content (AvgIpc) is 2.50. The van der Waals surface area contributed by atoms with Gasteiger partial charge in [0.1, 0.15) is 0 Å². The van der Waals surface area contributed by atoms with Crippen LogP contribution in [0.3, 0.4) is 0 Å². The third-order valence-corrected chi connectivity index (χ3v) is 3.94. The molecule has 1 saturated heterocycles. The monoisotopic (exact) mass is 247 g/mol. The van der Waals surface area contributed by atoms with Crippen molar-refractivity contribution in [2.45, 2.75) is 51.3 Å². The molecule has 0 spiro atoms. The minimum Gasteiger partial charge on any atom is -0.402 e. The number of nitrogens with two attached hydrogens (primary N) is 1. The van der Waals surface area contributed by atoms with Gasteiger partial charge in [-0.25, -0.2) is 0 Å². The molecule has 0 aliphatic carbocycles. The summed E-state index contributed by atoms with van der Waals surface area (Å²) in [5.74, 6) is -0.145. The van der Waals surface area contributed by atoms with Gasteiger partial charge in [-0.05, 0) is 39.7 Å². The minimum atomic E-state index is -0.338. The molecule has 18 heavy (non-hydrogen) atoms. The van der Waals surface area contributed by atoms with Gasteiger partial charge in [-0.3, -0.25) is 0 Å². The predicted molar refractivity (Wildman–Crippen MR) is 74.2 cm³/mol. The molecule has 0 unspecified atom stereocenters. The van der Waals surface area contributed by atoms with Crippen LogP contribution < -0.4 is 5.73 Å². The molecule has 3 nitrogen and oxygen atoms in total. The number of benzene rings is 1. The molecular formula is C14H22BNO2. The van der Waals surface area contributed by atoms with E-state index in [1.54, 1.807) is 0 Å². The topological polar surface area (TPSA) is 44.5 Å². The smallest absolute Gasteiger partial charge is 0.402 e. The fourth-order valence-corrected chi connectivity index (χ4v) is 2.05. The van der Waals surface area contributed by atoms with Crippen molar-refractivity contribution < 1.29 is 9.31 Å². The summed E-state index contributed by atoms with van der Waals surface area (Å²) >= 11 is 0. The van der Waals surface area contributed by atoms with E-state index in [9.17, 15) is 0 Å². The lowest BCUT2D eigenvalue weighted by Crippen LogP contribution is -2.43. The zero-order valence-electron chi connectivity index (χ0n) is 11.6. The Bertz CT molecular complexity index is 390. The molecule has 0 saturated carbocycles. The van der Waals surface area contributed by atoms with Crippen LogP contribution in [0.4, 0.5) is 0 Å². The van der Waals surface area contributed by atoms with E-state index in [0.29, 0.717) is 0 Å². The summed E-state index contributed by atoms with van der Waals surface area (Å²) in [6.45, 7) is 8.18. The second-order valence-corrected chi connectivity index (χ2v) is 5.98. The first kappa shape index (κ1) is 13.6. The summed E-state index contributed by atoms with van der Waals surface area (Å²) in [4.78, 5) is 0. The lowest BCUT2D eigenvalue weighted by atomic mass is 9.75. The van der Waals surface area contributed by atoms with E-state index in [-0.39, 0.29) is 24.3 Å². The maximum Gasteiger partial charge on any atom is 0.476 e. The van der Waals surface area contributed by atoms with Crippen molar-refractivity contribution in [3.63, 3.8) is 0 Å². The lowest BCUT2D eigenvalue weighted by Gasteiger charge is -2.32. The Kier molecular flexibility index (Phi) is 3.54. The fourth-order valence-electron chi connectivity index (χ4n) is 2.05. The van der Waals surface area contributed by atoms with Gasteiger partial charge in [0.25, 0.3) is 0 Å². The Hall–Kier alpha value is -0.835. The van der Waals surface area contributed by atoms with Crippen molar-refractivity contribution in [1.82, 2.24) is 0 Å². The highest BCUT2D eigenvalue weighted by molar-refractivity contribution is 6.47. The Morgan fingerprint density at radius 1 is 1.06 bits per heavy atom. The van der Waals surface area contributed by atoms with E-state index in [4.69, 9.17) is 15.0 Å². The summed E-state index contributed by atoms with van der Waals surface area (Å²) in [7, 11) is -0.338. The molecule has 1 aromatic rings. The molecule has 1 heterocycles. The quantitative estimate of drug-likeness (QED) is 0.832. The fraction of sp³-hybridized carbons (Fsp3) is 0.571. The third-order valence-electron chi connectivity index (χ3n) is 3.94. The summed E-state index contributed by atoms with van der Waals surface area (Å²) in [5, 5.41) is 0. The minimum absolute atomic E-state index is 0.145. The summed E-state index contributed by atoms with van der Waals surface area (Å²) in [5.41, 5.74) is 6.78. The zero-order chi connectivity index (χ0) is 13.4. The molecule has 4 heteroatoms. The molecule has 1 aromatic carbocycles. The third kappa shape index (κ3) is 2.61. The van der Waals surface area contributed by atoms with Crippen molar-refractivity contribution in [2.75, 3.05) is 0 Å². The van der Waals surface area contributed by atoms with Crippen molar-refractivity contribution in [3.05, 3.63) is 35.9 Å². The highest BCUT2D eigenvalue weighted by Crippen LogP contribution is 2.37. The van der Waals surface area contributed by atoms with Gasteiger partial charge < -0.3 is 15.0 Å². The normalized spacial score (nSPS) is 23.1. The van der Waals surface area contributed by atoms with E-state index >= 15 is 0 Å². The van der Waals surface area contributed by atoms with Gasteiger partial charge >= 0.3 is 7.12 Å². The van der Waals surface area contributed by atoms with Gasteiger partial charge in [-0.1, -0.05) is 30.3 Å². The maximum absolute atomic E-state index is 6.20. The van der Waals surface area contributed by atoms with Crippen LogP contribution in [0.1, 0.15) is 33.3 Å². The maximum atomic E-state index is 6.20. The first-order valence-electron chi connectivity index (χ1n) is 6.47. The molecule has 0 amide bonds. The SMILES string of the molecule is CC1(C)OB([C@@H](N)Cc2ccccc2)OC1(C)C. The summed E-state index contributed by atoms with van der Waals surface area (Å²) in [6, 6.07) is 10.2. The van der Waals surface area contributed by atoms with Crippen molar-refractivity contribution in [1.29, 1.82) is 0 Å². The summed E-state index contributed by atoms with van der Waals surface area (Å²) in [6.07, 6.45) is 0.762.